The zero-order chi connectivity index (χ0) is 29.2. The fourth-order valence-corrected chi connectivity index (χ4v) is 4.80. The van der Waals surface area contributed by atoms with E-state index in [9.17, 15) is 14.4 Å². The molecule has 0 aromatic carbocycles. The first-order valence-corrected chi connectivity index (χ1v) is 14.6. The van der Waals surface area contributed by atoms with Crippen LogP contribution in [-0.2, 0) is 23.8 Å². The number of pyridine rings is 1. The Balaban J connectivity index is 1.72. The number of aromatic nitrogens is 1. The van der Waals surface area contributed by atoms with Crippen LogP contribution in [0.25, 0.3) is 0 Å². The van der Waals surface area contributed by atoms with Crippen molar-refractivity contribution in [3.8, 4) is 11.5 Å². The number of methoxy groups -OCH3 is 1. The van der Waals surface area contributed by atoms with Crippen LogP contribution in [0.4, 0.5) is 0 Å². The van der Waals surface area contributed by atoms with Crippen LogP contribution in [0.2, 0.25) is 0 Å². The third-order valence-electron chi connectivity index (χ3n) is 7.40. The predicted octanol–water partition coefficient (Wildman–Crippen LogP) is 4.69. The number of hydrogen-bond acceptors (Lipinski definition) is 9. The summed E-state index contributed by atoms with van der Waals surface area (Å²) < 4.78 is 28.3. The molecule has 1 saturated carbocycles. The molecule has 1 N–H and O–H groups in total. The van der Waals surface area contributed by atoms with Gasteiger partial charge in [-0.05, 0) is 56.8 Å². The van der Waals surface area contributed by atoms with Crippen molar-refractivity contribution in [2.45, 2.75) is 97.8 Å². The molecule has 224 valence electrons. The van der Waals surface area contributed by atoms with Gasteiger partial charge in [0.15, 0.2) is 17.2 Å². The van der Waals surface area contributed by atoms with Gasteiger partial charge in [0.25, 0.3) is 5.91 Å². The molecule has 3 rings (SSSR count). The van der Waals surface area contributed by atoms with Crippen LogP contribution in [-0.4, -0.2) is 61.6 Å². The summed E-state index contributed by atoms with van der Waals surface area (Å²) >= 11 is 0. The highest BCUT2D eigenvalue weighted by molar-refractivity contribution is 5.98. The lowest BCUT2D eigenvalue weighted by Crippen LogP contribution is -2.44. The largest absolute Gasteiger partial charge is 0.493 e. The number of nitrogens with one attached hydrogen (secondary N) is 1. The summed E-state index contributed by atoms with van der Waals surface area (Å²) in [5, 5.41) is 2.79. The highest BCUT2D eigenvalue weighted by Gasteiger charge is 2.36. The van der Waals surface area contributed by atoms with Crippen molar-refractivity contribution in [1.29, 1.82) is 0 Å². The highest BCUT2D eigenvalue weighted by Crippen LogP contribution is 2.34. The molecule has 1 aromatic heterocycles. The Morgan fingerprint density at radius 1 is 1.15 bits per heavy atom. The summed E-state index contributed by atoms with van der Waals surface area (Å²) in [7, 11) is 1.43. The molecule has 2 aliphatic rings. The fourth-order valence-electron chi connectivity index (χ4n) is 4.80. The van der Waals surface area contributed by atoms with Gasteiger partial charge >= 0.3 is 11.9 Å². The average Bonchev–Trinajstić information content (AvgIpc) is 3.74. The van der Waals surface area contributed by atoms with Gasteiger partial charge in [-0.2, -0.15) is 0 Å². The molecule has 0 unspecified atom stereocenters. The molecule has 0 radical (unpaired) electrons. The number of rotatable bonds is 13. The zero-order valence-electron chi connectivity index (χ0n) is 24.8. The Hall–Kier alpha value is -2.88. The fraction of sp³-hybridized carbons (Fsp3) is 0.733. The van der Waals surface area contributed by atoms with Gasteiger partial charge in [0.05, 0.1) is 19.1 Å². The monoisotopic (exact) mass is 562 g/mol. The van der Waals surface area contributed by atoms with Crippen LogP contribution >= 0.6 is 0 Å². The second-order valence-corrected chi connectivity index (χ2v) is 11.6. The number of esters is 2. The molecule has 1 saturated heterocycles. The van der Waals surface area contributed by atoms with E-state index in [0.29, 0.717) is 24.9 Å². The first kappa shape index (κ1) is 31.6. The quantitative estimate of drug-likeness (QED) is 0.269. The molecule has 4 atom stereocenters. The van der Waals surface area contributed by atoms with E-state index in [1.807, 2.05) is 6.92 Å². The Morgan fingerprint density at radius 2 is 1.90 bits per heavy atom. The van der Waals surface area contributed by atoms with E-state index in [1.165, 1.54) is 32.2 Å². The van der Waals surface area contributed by atoms with E-state index in [0.717, 1.165) is 25.7 Å². The van der Waals surface area contributed by atoms with Crippen LogP contribution in [0.3, 0.4) is 0 Å². The lowest BCUT2D eigenvalue weighted by molar-refractivity contribution is -0.161. The molecule has 1 aliphatic carbocycles. The smallest absolute Gasteiger partial charge is 0.329 e. The molecule has 1 aromatic rings. The minimum absolute atomic E-state index is 0.0196. The molecule has 40 heavy (non-hydrogen) atoms. The van der Waals surface area contributed by atoms with Crippen LogP contribution < -0.4 is 14.8 Å². The number of amides is 1. The summed E-state index contributed by atoms with van der Waals surface area (Å²) in [6.45, 7) is 10.0. The topological polar surface area (TPSA) is 122 Å². The normalized spacial score (nSPS) is 23.6. The Morgan fingerprint density at radius 3 is 2.55 bits per heavy atom. The number of cyclic esters (lactones) is 1. The minimum atomic E-state index is -0.859. The first-order chi connectivity index (χ1) is 19.1. The molecule has 1 amide bonds. The van der Waals surface area contributed by atoms with Crippen LogP contribution in [0.1, 0.15) is 90.1 Å². The lowest BCUT2D eigenvalue weighted by atomic mass is 9.86. The van der Waals surface area contributed by atoms with Gasteiger partial charge in [-0.25, -0.2) is 9.78 Å². The van der Waals surface area contributed by atoms with Gasteiger partial charge < -0.3 is 29.0 Å². The SMILES string of the molecule is COc1ccnc(C(=O)N[C@H]2CCC[C@H](CCC(C)C)[C@@H](OCC3CC3)[C@H](C)OC2=O)c1OCOC(=O)C(C)C. The zero-order valence-corrected chi connectivity index (χ0v) is 24.8. The van der Waals surface area contributed by atoms with Gasteiger partial charge in [0.2, 0.25) is 6.79 Å². The van der Waals surface area contributed by atoms with Crippen LogP contribution in [0, 0.1) is 23.7 Å². The third kappa shape index (κ3) is 9.35. The Bertz CT molecular complexity index is 994. The molecule has 0 bridgehead atoms. The average molecular weight is 563 g/mol. The van der Waals surface area contributed by atoms with E-state index in [4.69, 9.17) is 23.7 Å². The van der Waals surface area contributed by atoms with Crippen molar-refractivity contribution < 1.29 is 38.1 Å². The summed E-state index contributed by atoms with van der Waals surface area (Å²) in [5.74, 6) is -0.174. The van der Waals surface area contributed by atoms with Crippen molar-refractivity contribution in [3.63, 3.8) is 0 Å². The summed E-state index contributed by atoms with van der Waals surface area (Å²) in [6.07, 6.45) is 7.29. The predicted molar refractivity (Wildman–Crippen MR) is 148 cm³/mol. The number of carbonyl (C=O) groups excluding carboxylic acids is 3. The second kappa shape index (κ2) is 15.2. The lowest BCUT2D eigenvalue weighted by Gasteiger charge is -2.31. The molecular formula is C30H46N2O8. The highest BCUT2D eigenvalue weighted by atomic mass is 16.7. The van der Waals surface area contributed by atoms with Crippen molar-refractivity contribution in [2.24, 2.45) is 23.7 Å². The van der Waals surface area contributed by atoms with E-state index in [-0.39, 0.29) is 35.1 Å². The Labute approximate surface area is 237 Å². The summed E-state index contributed by atoms with van der Waals surface area (Å²) in [6, 6.07) is 0.674. The van der Waals surface area contributed by atoms with Crippen molar-refractivity contribution in [2.75, 3.05) is 20.5 Å². The van der Waals surface area contributed by atoms with E-state index in [1.54, 1.807) is 13.8 Å². The van der Waals surface area contributed by atoms with Gasteiger partial charge in [-0.15, -0.1) is 0 Å². The van der Waals surface area contributed by atoms with Gasteiger partial charge in [0, 0.05) is 18.9 Å². The second-order valence-electron chi connectivity index (χ2n) is 11.6. The number of nitrogens with zero attached hydrogens (tertiary/aromatic N) is 1. The maximum Gasteiger partial charge on any atom is 0.329 e. The number of hydrogen-bond donors (Lipinski definition) is 1. The van der Waals surface area contributed by atoms with E-state index in [2.05, 4.69) is 24.1 Å². The first-order valence-electron chi connectivity index (χ1n) is 14.6. The maximum atomic E-state index is 13.4. The number of ether oxygens (including phenoxy) is 5. The standard InChI is InChI=1S/C30H46N2O8/c1-18(2)10-13-22-8-7-9-23(30(35)40-20(5)26(22)37-16-21-11-12-21)32-28(33)25-27(24(36-6)14-15-31-25)38-17-39-29(34)19(3)4/h14-15,18-23,26H,7-13,16-17H2,1-6H3,(H,32,33)/t20-,22+,23-,26-/m0/s1. The maximum absolute atomic E-state index is 13.4. The van der Waals surface area contributed by atoms with Crippen LogP contribution in [0.5, 0.6) is 11.5 Å². The summed E-state index contributed by atoms with van der Waals surface area (Å²) in [4.78, 5) is 42.6. The van der Waals surface area contributed by atoms with Crippen molar-refractivity contribution >= 4 is 17.8 Å². The molecule has 10 heteroatoms. The number of carbonyl (C=O) groups is 3. The molecular weight excluding hydrogens is 516 g/mol. The van der Waals surface area contributed by atoms with Crippen molar-refractivity contribution in [3.05, 3.63) is 18.0 Å². The van der Waals surface area contributed by atoms with Gasteiger partial charge in [0.1, 0.15) is 12.1 Å². The molecule has 10 nitrogen and oxygen atoms in total. The van der Waals surface area contributed by atoms with Gasteiger partial charge in [-0.1, -0.05) is 40.5 Å². The van der Waals surface area contributed by atoms with E-state index < -0.39 is 36.8 Å². The van der Waals surface area contributed by atoms with Crippen molar-refractivity contribution in [1.82, 2.24) is 10.3 Å². The Kier molecular flexibility index (Phi) is 12.0. The summed E-state index contributed by atoms with van der Waals surface area (Å²) in [5.41, 5.74) is -0.0823. The minimum Gasteiger partial charge on any atom is -0.493 e. The molecule has 2 heterocycles. The van der Waals surface area contributed by atoms with Crippen LogP contribution in [0.15, 0.2) is 12.3 Å². The molecule has 0 spiro atoms. The molecule has 2 fully saturated rings. The van der Waals surface area contributed by atoms with E-state index >= 15 is 0 Å². The third-order valence-corrected chi connectivity index (χ3v) is 7.40. The van der Waals surface area contributed by atoms with Gasteiger partial charge in [-0.3, -0.25) is 9.59 Å². The molecule has 1 aliphatic heterocycles.